The van der Waals surface area contributed by atoms with Gasteiger partial charge in [-0.1, -0.05) is 55.0 Å². The Bertz CT molecular complexity index is 1200. The molecule has 0 spiro atoms. The zero-order chi connectivity index (χ0) is 22.7. The van der Waals surface area contributed by atoms with Crippen LogP contribution in [0.1, 0.15) is 54.4 Å². The summed E-state index contributed by atoms with van der Waals surface area (Å²) in [5, 5.41) is 2.55. The molecule has 1 amide bonds. The van der Waals surface area contributed by atoms with Gasteiger partial charge in [-0.2, -0.15) is 0 Å². The van der Waals surface area contributed by atoms with E-state index >= 15 is 0 Å². The summed E-state index contributed by atoms with van der Waals surface area (Å²) in [6.45, 7) is 3.18. The molecule has 5 nitrogen and oxygen atoms in total. The van der Waals surface area contributed by atoms with Crippen LogP contribution in [-0.4, -0.2) is 33.2 Å². The van der Waals surface area contributed by atoms with Gasteiger partial charge >= 0.3 is 0 Å². The SMILES string of the molecule is CCN(c1cccc2ccccc12)C1CCCC(c2ccc(C(=O)NS(C)(=O)=O)cc2)C1. The van der Waals surface area contributed by atoms with Crippen LogP contribution >= 0.6 is 0 Å². The first-order valence-corrected chi connectivity index (χ1v) is 13.1. The van der Waals surface area contributed by atoms with Crippen molar-refractivity contribution in [1.82, 2.24) is 4.72 Å². The molecule has 2 unspecified atom stereocenters. The fourth-order valence-corrected chi connectivity index (χ4v) is 5.42. The number of carbonyl (C=O) groups excluding carboxylic acids is 1. The van der Waals surface area contributed by atoms with Crippen LogP contribution in [0.15, 0.2) is 66.7 Å². The maximum atomic E-state index is 12.1. The third-order valence-corrected chi connectivity index (χ3v) is 6.98. The average Bonchev–Trinajstić information content (AvgIpc) is 2.79. The lowest BCUT2D eigenvalue weighted by Crippen LogP contribution is -2.38. The van der Waals surface area contributed by atoms with Gasteiger partial charge in [0, 0.05) is 29.2 Å². The van der Waals surface area contributed by atoms with Crippen molar-refractivity contribution >= 4 is 32.4 Å². The molecule has 0 heterocycles. The second kappa shape index (κ2) is 9.33. The molecule has 0 radical (unpaired) electrons. The Kier molecular flexibility index (Phi) is 6.51. The van der Waals surface area contributed by atoms with Gasteiger partial charge in [0.1, 0.15) is 0 Å². The number of nitrogens with one attached hydrogen (secondary N) is 1. The number of hydrogen-bond acceptors (Lipinski definition) is 4. The number of fused-ring (bicyclic) bond motifs is 1. The molecule has 0 saturated heterocycles. The van der Waals surface area contributed by atoms with Crippen LogP contribution in [0.4, 0.5) is 5.69 Å². The Balaban J connectivity index is 1.53. The normalized spacial score (nSPS) is 18.9. The highest BCUT2D eigenvalue weighted by molar-refractivity contribution is 7.89. The van der Waals surface area contributed by atoms with Crippen molar-refractivity contribution in [2.45, 2.75) is 44.6 Å². The van der Waals surface area contributed by atoms with Crippen molar-refractivity contribution in [1.29, 1.82) is 0 Å². The van der Waals surface area contributed by atoms with Crippen molar-refractivity contribution in [3.63, 3.8) is 0 Å². The molecule has 1 aliphatic carbocycles. The Hall–Kier alpha value is -2.86. The van der Waals surface area contributed by atoms with Crippen molar-refractivity contribution in [3.05, 3.63) is 77.9 Å². The van der Waals surface area contributed by atoms with E-state index in [9.17, 15) is 13.2 Å². The molecule has 0 bridgehead atoms. The van der Waals surface area contributed by atoms with Gasteiger partial charge in [0.2, 0.25) is 10.0 Å². The zero-order valence-electron chi connectivity index (χ0n) is 18.6. The maximum absolute atomic E-state index is 12.1. The van der Waals surface area contributed by atoms with E-state index < -0.39 is 15.9 Å². The van der Waals surface area contributed by atoms with Crippen molar-refractivity contribution in [2.75, 3.05) is 17.7 Å². The minimum absolute atomic E-state index is 0.359. The van der Waals surface area contributed by atoms with E-state index in [0.717, 1.165) is 32.1 Å². The number of sulfonamides is 1. The third kappa shape index (κ3) is 4.96. The molecule has 32 heavy (non-hydrogen) atoms. The van der Waals surface area contributed by atoms with Gasteiger partial charge in [-0.25, -0.2) is 13.1 Å². The Morgan fingerprint density at radius 2 is 1.72 bits per heavy atom. The molecule has 1 saturated carbocycles. The van der Waals surface area contributed by atoms with E-state index in [1.165, 1.54) is 28.4 Å². The van der Waals surface area contributed by atoms with Gasteiger partial charge in [-0.15, -0.1) is 0 Å². The van der Waals surface area contributed by atoms with Gasteiger partial charge in [0.25, 0.3) is 5.91 Å². The second-order valence-electron chi connectivity index (χ2n) is 8.63. The Morgan fingerprint density at radius 3 is 2.44 bits per heavy atom. The van der Waals surface area contributed by atoms with Crippen LogP contribution in [-0.2, 0) is 10.0 Å². The van der Waals surface area contributed by atoms with Crippen LogP contribution in [0.3, 0.4) is 0 Å². The number of carbonyl (C=O) groups is 1. The fraction of sp³-hybridized carbons (Fsp3) is 0.346. The number of nitrogens with zero attached hydrogens (tertiary/aromatic N) is 1. The summed E-state index contributed by atoms with van der Waals surface area (Å²) in [7, 11) is -3.57. The molecule has 0 aliphatic heterocycles. The summed E-state index contributed by atoms with van der Waals surface area (Å²) >= 11 is 0. The average molecular weight is 451 g/mol. The topological polar surface area (TPSA) is 66.5 Å². The lowest BCUT2D eigenvalue weighted by molar-refractivity contribution is 0.0981. The summed E-state index contributed by atoms with van der Waals surface area (Å²) in [4.78, 5) is 14.6. The summed E-state index contributed by atoms with van der Waals surface area (Å²) < 4.78 is 24.7. The Labute approximate surface area is 190 Å². The van der Waals surface area contributed by atoms with Gasteiger partial charge in [-0.3, -0.25) is 4.79 Å². The quantitative estimate of drug-likeness (QED) is 0.569. The van der Waals surface area contributed by atoms with Crippen LogP contribution < -0.4 is 9.62 Å². The molecule has 6 heteroatoms. The van der Waals surface area contributed by atoms with Gasteiger partial charge < -0.3 is 4.90 Å². The zero-order valence-corrected chi connectivity index (χ0v) is 19.4. The van der Waals surface area contributed by atoms with Crippen molar-refractivity contribution in [3.8, 4) is 0 Å². The smallest absolute Gasteiger partial charge is 0.264 e. The molecule has 3 aromatic carbocycles. The molecule has 4 rings (SSSR count). The van der Waals surface area contributed by atoms with E-state index in [0.29, 0.717) is 17.5 Å². The Morgan fingerprint density at radius 1 is 1.00 bits per heavy atom. The minimum atomic E-state index is -3.57. The van der Waals surface area contributed by atoms with E-state index in [1.54, 1.807) is 12.1 Å². The fourth-order valence-electron chi connectivity index (χ4n) is 4.97. The number of anilines is 1. The van der Waals surface area contributed by atoms with E-state index in [-0.39, 0.29) is 0 Å². The molecule has 1 fully saturated rings. The molecule has 168 valence electrons. The van der Waals surface area contributed by atoms with Crippen molar-refractivity contribution in [2.24, 2.45) is 0 Å². The second-order valence-corrected chi connectivity index (χ2v) is 10.4. The van der Waals surface area contributed by atoms with E-state index in [2.05, 4.69) is 54.3 Å². The maximum Gasteiger partial charge on any atom is 0.264 e. The number of rotatable bonds is 6. The minimum Gasteiger partial charge on any atom is -0.368 e. The lowest BCUT2D eigenvalue weighted by atomic mass is 9.80. The standard InChI is InChI=1S/C26H30N2O3S/c1-3-28(25-13-7-9-20-8-4-5-12-24(20)25)23-11-6-10-22(18-23)19-14-16-21(17-15-19)26(29)27-32(2,30)31/h4-5,7-9,12-17,22-23H,3,6,10-11,18H2,1-2H3,(H,27,29). The number of hydrogen-bond donors (Lipinski definition) is 1. The van der Waals surface area contributed by atoms with E-state index in [4.69, 9.17) is 0 Å². The molecular weight excluding hydrogens is 420 g/mol. The van der Waals surface area contributed by atoms with Crippen LogP contribution in [0, 0.1) is 0 Å². The lowest BCUT2D eigenvalue weighted by Gasteiger charge is -2.39. The highest BCUT2D eigenvalue weighted by Crippen LogP contribution is 2.38. The first-order valence-electron chi connectivity index (χ1n) is 11.2. The highest BCUT2D eigenvalue weighted by atomic mass is 32.2. The highest BCUT2D eigenvalue weighted by Gasteiger charge is 2.28. The van der Waals surface area contributed by atoms with E-state index in [1.807, 2.05) is 16.9 Å². The predicted octanol–water partition coefficient (Wildman–Crippen LogP) is 5.08. The van der Waals surface area contributed by atoms with Gasteiger partial charge in [-0.05, 0) is 61.3 Å². The summed E-state index contributed by atoms with van der Waals surface area (Å²) in [6, 6.07) is 22.9. The van der Waals surface area contributed by atoms with Crippen LogP contribution in [0.2, 0.25) is 0 Å². The summed E-state index contributed by atoms with van der Waals surface area (Å²) in [5.41, 5.74) is 2.86. The molecular formula is C26H30N2O3S. The largest absolute Gasteiger partial charge is 0.368 e. The number of benzene rings is 3. The first kappa shape index (κ1) is 22.3. The predicted molar refractivity (Wildman–Crippen MR) is 131 cm³/mol. The first-order chi connectivity index (χ1) is 15.4. The van der Waals surface area contributed by atoms with Crippen molar-refractivity contribution < 1.29 is 13.2 Å². The molecule has 2 atom stereocenters. The summed E-state index contributed by atoms with van der Waals surface area (Å²) in [5.74, 6) is -0.168. The van der Waals surface area contributed by atoms with Crippen LogP contribution in [0.25, 0.3) is 10.8 Å². The monoisotopic (exact) mass is 450 g/mol. The molecule has 3 aromatic rings. The molecule has 1 aliphatic rings. The van der Waals surface area contributed by atoms with Gasteiger partial charge in [0.15, 0.2) is 0 Å². The molecule has 0 aromatic heterocycles. The van der Waals surface area contributed by atoms with Gasteiger partial charge in [0.05, 0.1) is 6.26 Å². The summed E-state index contributed by atoms with van der Waals surface area (Å²) in [6.07, 6.45) is 5.50. The third-order valence-electron chi connectivity index (χ3n) is 6.43. The number of amides is 1. The van der Waals surface area contributed by atoms with Crippen LogP contribution in [0.5, 0.6) is 0 Å². The molecule has 1 N–H and O–H groups in total.